The largest absolute Gasteiger partial charge is 0.356 e. The summed E-state index contributed by atoms with van der Waals surface area (Å²) in [6, 6.07) is 12.9. The van der Waals surface area contributed by atoms with Crippen LogP contribution in [-0.2, 0) is 16.0 Å². The normalized spacial score (nSPS) is 18.3. The molecule has 4 nitrogen and oxygen atoms in total. The van der Waals surface area contributed by atoms with Crippen molar-refractivity contribution >= 4 is 40.7 Å². The maximum absolute atomic E-state index is 12.3. The topological polar surface area (TPSA) is 58.2 Å². The molecule has 0 heterocycles. The van der Waals surface area contributed by atoms with E-state index in [4.69, 9.17) is 23.2 Å². The van der Waals surface area contributed by atoms with Crippen LogP contribution >= 0.6 is 23.2 Å². The summed E-state index contributed by atoms with van der Waals surface area (Å²) in [6.45, 7) is 2.44. The number of carbonyl (C=O) groups is 2. The second-order valence-electron chi connectivity index (χ2n) is 6.57. The molecule has 0 aliphatic heterocycles. The molecule has 1 saturated carbocycles. The van der Waals surface area contributed by atoms with Crippen molar-refractivity contribution in [3.8, 4) is 0 Å². The van der Waals surface area contributed by atoms with Crippen LogP contribution in [0.3, 0.4) is 0 Å². The van der Waals surface area contributed by atoms with Crippen molar-refractivity contribution in [2.75, 3.05) is 11.9 Å². The van der Waals surface area contributed by atoms with Gasteiger partial charge in [-0.05, 0) is 55.2 Å². The first-order valence-electron chi connectivity index (χ1n) is 8.53. The van der Waals surface area contributed by atoms with E-state index >= 15 is 0 Å². The number of amides is 2. The number of aryl methyl sites for hydroxylation is 1. The first-order chi connectivity index (χ1) is 12.4. The zero-order chi connectivity index (χ0) is 18.7. The van der Waals surface area contributed by atoms with Gasteiger partial charge in [0, 0.05) is 22.3 Å². The maximum Gasteiger partial charge on any atom is 0.228 e. The lowest BCUT2D eigenvalue weighted by atomic mass is 10.1. The van der Waals surface area contributed by atoms with Crippen LogP contribution in [-0.4, -0.2) is 18.4 Å². The number of carbonyl (C=O) groups excluding carboxylic acids is 2. The Balaban J connectivity index is 1.43. The van der Waals surface area contributed by atoms with Gasteiger partial charge in [-0.3, -0.25) is 9.59 Å². The second-order valence-corrected chi connectivity index (χ2v) is 7.41. The van der Waals surface area contributed by atoms with Crippen LogP contribution in [0.25, 0.3) is 0 Å². The van der Waals surface area contributed by atoms with E-state index in [0.29, 0.717) is 28.7 Å². The summed E-state index contributed by atoms with van der Waals surface area (Å²) in [5.74, 6) is -0.726. The number of hydrogen-bond donors (Lipinski definition) is 2. The zero-order valence-electron chi connectivity index (χ0n) is 14.4. The summed E-state index contributed by atoms with van der Waals surface area (Å²) in [5, 5.41) is 7.03. The van der Waals surface area contributed by atoms with Gasteiger partial charge in [0.25, 0.3) is 0 Å². The molecule has 2 amide bonds. The third-order valence-corrected chi connectivity index (χ3v) is 5.19. The molecule has 1 aliphatic carbocycles. The fraction of sp³-hybridized carbons (Fsp3) is 0.300. The minimum atomic E-state index is -0.273. The van der Waals surface area contributed by atoms with E-state index in [-0.39, 0.29) is 23.7 Å². The van der Waals surface area contributed by atoms with Crippen molar-refractivity contribution in [1.29, 1.82) is 0 Å². The minimum absolute atomic E-state index is 0.0685. The molecule has 0 aromatic heterocycles. The molecule has 3 rings (SSSR count). The number of anilines is 1. The van der Waals surface area contributed by atoms with Crippen molar-refractivity contribution in [3.63, 3.8) is 0 Å². The van der Waals surface area contributed by atoms with Gasteiger partial charge >= 0.3 is 0 Å². The average molecular weight is 391 g/mol. The SMILES string of the molecule is Cc1ccc(NC(=O)C2CC2C(=O)NCCc2ccc(Cl)cc2)cc1Cl. The molecule has 6 heteroatoms. The molecular formula is C20H20Cl2N2O2. The lowest BCUT2D eigenvalue weighted by Gasteiger charge is -2.07. The van der Waals surface area contributed by atoms with Crippen molar-refractivity contribution in [2.24, 2.45) is 11.8 Å². The Hall–Kier alpha value is -2.04. The Bertz CT molecular complexity index is 821. The van der Waals surface area contributed by atoms with Gasteiger partial charge in [0.05, 0.1) is 11.8 Å². The molecule has 0 bridgehead atoms. The molecule has 0 saturated heterocycles. The first kappa shape index (κ1) is 18.7. The smallest absolute Gasteiger partial charge is 0.228 e. The molecule has 136 valence electrons. The van der Waals surface area contributed by atoms with Gasteiger partial charge in [-0.1, -0.05) is 41.4 Å². The third kappa shape index (κ3) is 4.77. The van der Waals surface area contributed by atoms with Gasteiger partial charge in [-0.2, -0.15) is 0 Å². The van der Waals surface area contributed by atoms with Crippen LogP contribution in [0.1, 0.15) is 17.5 Å². The van der Waals surface area contributed by atoms with E-state index in [1.54, 1.807) is 6.07 Å². The third-order valence-electron chi connectivity index (χ3n) is 4.53. The van der Waals surface area contributed by atoms with Crippen molar-refractivity contribution in [1.82, 2.24) is 5.32 Å². The van der Waals surface area contributed by atoms with Crippen LogP contribution in [0, 0.1) is 18.8 Å². The molecule has 2 aromatic rings. The lowest BCUT2D eigenvalue weighted by molar-refractivity contribution is -0.125. The fourth-order valence-corrected chi connectivity index (χ4v) is 3.10. The van der Waals surface area contributed by atoms with Crippen LogP contribution in [0.2, 0.25) is 10.0 Å². The maximum atomic E-state index is 12.3. The molecule has 1 aliphatic rings. The Kier molecular flexibility index (Phi) is 5.84. The van der Waals surface area contributed by atoms with E-state index in [9.17, 15) is 9.59 Å². The van der Waals surface area contributed by atoms with Crippen LogP contribution in [0.5, 0.6) is 0 Å². The van der Waals surface area contributed by atoms with E-state index in [2.05, 4.69) is 10.6 Å². The summed E-state index contributed by atoms with van der Waals surface area (Å²) >= 11 is 11.9. The minimum Gasteiger partial charge on any atom is -0.356 e. The molecular weight excluding hydrogens is 371 g/mol. The van der Waals surface area contributed by atoms with Crippen LogP contribution < -0.4 is 10.6 Å². The monoisotopic (exact) mass is 390 g/mol. The first-order valence-corrected chi connectivity index (χ1v) is 9.29. The molecule has 2 N–H and O–H groups in total. The second kappa shape index (κ2) is 8.11. The Morgan fingerprint density at radius 2 is 1.73 bits per heavy atom. The molecule has 2 aromatic carbocycles. The highest BCUT2D eigenvalue weighted by Gasteiger charge is 2.47. The van der Waals surface area contributed by atoms with Crippen LogP contribution in [0.4, 0.5) is 5.69 Å². The summed E-state index contributed by atoms with van der Waals surface area (Å²) < 4.78 is 0. The molecule has 0 radical (unpaired) electrons. The van der Waals surface area contributed by atoms with Gasteiger partial charge in [-0.25, -0.2) is 0 Å². The molecule has 2 unspecified atom stereocenters. The van der Waals surface area contributed by atoms with Crippen molar-refractivity contribution in [3.05, 3.63) is 63.6 Å². The van der Waals surface area contributed by atoms with Crippen LogP contribution in [0.15, 0.2) is 42.5 Å². The standard InChI is InChI=1S/C20H20Cl2N2O2/c1-12-2-7-15(10-18(12)22)24-20(26)17-11-16(17)19(25)23-9-8-13-3-5-14(21)6-4-13/h2-7,10,16-17H,8-9,11H2,1H3,(H,23,25)(H,24,26). The number of rotatable bonds is 6. The van der Waals surface area contributed by atoms with Gasteiger partial charge < -0.3 is 10.6 Å². The highest BCUT2D eigenvalue weighted by molar-refractivity contribution is 6.31. The summed E-state index contributed by atoms with van der Waals surface area (Å²) in [5.41, 5.74) is 2.71. The van der Waals surface area contributed by atoms with Crippen molar-refractivity contribution < 1.29 is 9.59 Å². The van der Waals surface area contributed by atoms with Gasteiger partial charge in [0.15, 0.2) is 0 Å². The van der Waals surface area contributed by atoms with Gasteiger partial charge in [0.2, 0.25) is 11.8 Å². The Labute approximate surface area is 162 Å². The molecule has 2 atom stereocenters. The lowest BCUT2D eigenvalue weighted by Crippen LogP contribution is -2.29. The summed E-state index contributed by atoms with van der Waals surface area (Å²) in [7, 11) is 0. The Morgan fingerprint density at radius 1 is 1.04 bits per heavy atom. The van der Waals surface area contributed by atoms with E-state index < -0.39 is 0 Å². The number of nitrogens with one attached hydrogen (secondary N) is 2. The predicted molar refractivity (Wildman–Crippen MR) is 105 cm³/mol. The number of benzene rings is 2. The van der Waals surface area contributed by atoms with Gasteiger partial charge in [-0.15, -0.1) is 0 Å². The highest BCUT2D eigenvalue weighted by Crippen LogP contribution is 2.39. The number of halogens is 2. The van der Waals surface area contributed by atoms with Gasteiger partial charge in [0.1, 0.15) is 0 Å². The summed E-state index contributed by atoms with van der Waals surface area (Å²) in [4.78, 5) is 24.4. The zero-order valence-corrected chi connectivity index (χ0v) is 15.9. The molecule has 1 fully saturated rings. The molecule has 0 spiro atoms. The fourth-order valence-electron chi connectivity index (χ4n) is 2.79. The molecule has 26 heavy (non-hydrogen) atoms. The van der Waals surface area contributed by atoms with E-state index in [1.807, 2.05) is 43.3 Å². The predicted octanol–water partition coefficient (Wildman–Crippen LogP) is 4.24. The average Bonchev–Trinajstić information content (AvgIpc) is 3.41. The van der Waals surface area contributed by atoms with Crippen molar-refractivity contribution in [2.45, 2.75) is 19.8 Å². The quantitative estimate of drug-likeness (QED) is 0.774. The Morgan fingerprint density at radius 3 is 2.42 bits per heavy atom. The highest BCUT2D eigenvalue weighted by atomic mass is 35.5. The van der Waals surface area contributed by atoms with E-state index in [1.165, 1.54) is 0 Å². The van der Waals surface area contributed by atoms with E-state index in [0.717, 1.165) is 17.5 Å². The summed E-state index contributed by atoms with van der Waals surface area (Å²) in [6.07, 6.45) is 1.31. The number of hydrogen-bond acceptors (Lipinski definition) is 2.